The zero-order valence-electron chi connectivity index (χ0n) is 12.4. The van der Waals surface area contributed by atoms with Crippen molar-refractivity contribution in [3.63, 3.8) is 0 Å². The van der Waals surface area contributed by atoms with Crippen molar-refractivity contribution in [1.82, 2.24) is 16.2 Å². The minimum atomic E-state index is -0.0113. The van der Waals surface area contributed by atoms with Gasteiger partial charge in [0, 0.05) is 19.6 Å². The fourth-order valence-corrected chi connectivity index (χ4v) is 2.27. The molecule has 1 aliphatic heterocycles. The number of ether oxygens (including phenoxy) is 1. The van der Waals surface area contributed by atoms with Crippen LogP contribution in [0.1, 0.15) is 58.3 Å². The van der Waals surface area contributed by atoms with Gasteiger partial charge >= 0.3 is 0 Å². The Bertz CT molecular complexity index is 294. The third-order valence-electron chi connectivity index (χ3n) is 3.34. The monoisotopic (exact) mass is 301 g/mol. The highest BCUT2D eigenvalue weighted by molar-refractivity contribution is 7.80. The summed E-state index contributed by atoms with van der Waals surface area (Å²) in [6.45, 7) is 3.71. The zero-order chi connectivity index (χ0) is 14.6. The first-order valence-corrected chi connectivity index (χ1v) is 8.07. The Morgan fingerprint density at radius 2 is 2.05 bits per heavy atom. The van der Waals surface area contributed by atoms with Crippen molar-refractivity contribution in [2.24, 2.45) is 0 Å². The molecule has 0 unspecified atom stereocenters. The van der Waals surface area contributed by atoms with Crippen LogP contribution in [-0.2, 0) is 9.53 Å². The summed E-state index contributed by atoms with van der Waals surface area (Å²) in [7, 11) is 0. The molecule has 1 amide bonds. The van der Waals surface area contributed by atoms with Gasteiger partial charge in [-0.1, -0.05) is 32.6 Å². The van der Waals surface area contributed by atoms with Gasteiger partial charge in [-0.25, -0.2) is 0 Å². The van der Waals surface area contributed by atoms with Crippen molar-refractivity contribution in [1.29, 1.82) is 0 Å². The summed E-state index contributed by atoms with van der Waals surface area (Å²) in [5.74, 6) is -0.0113. The van der Waals surface area contributed by atoms with Crippen LogP contribution in [0.2, 0.25) is 0 Å². The lowest BCUT2D eigenvalue weighted by Gasteiger charge is -2.14. The second-order valence-corrected chi connectivity index (χ2v) is 5.59. The molecule has 1 aliphatic rings. The number of unbranched alkanes of at least 4 members (excludes halogenated alkanes) is 4. The summed E-state index contributed by atoms with van der Waals surface area (Å²) in [6.07, 6.45) is 8.69. The van der Waals surface area contributed by atoms with Crippen LogP contribution in [0.15, 0.2) is 0 Å². The van der Waals surface area contributed by atoms with Crippen LogP contribution in [0.25, 0.3) is 0 Å². The van der Waals surface area contributed by atoms with Gasteiger partial charge in [0.05, 0.1) is 6.10 Å². The molecule has 1 atom stereocenters. The number of rotatable bonds is 8. The van der Waals surface area contributed by atoms with Crippen LogP contribution in [0.4, 0.5) is 0 Å². The summed E-state index contributed by atoms with van der Waals surface area (Å²) >= 11 is 5.08. The molecule has 0 aromatic heterocycles. The molecule has 0 aromatic rings. The highest BCUT2D eigenvalue weighted by atomic mass is 32.1. The van der Waals surface area contributed by atoms with E-state index >= 15 is 0 Å². The van der Waals surface area contributed by atoms with Gasteiger partial charge in [0.2, 0.25) is 5.91 Å². The van der Waals surface area contributed by atoms with E-state index in [1.54, 1.807) is 0 Å². The second-order valence-electron chi connectivity index (χ2n) is 5.18. The predicted molar refractivity (Wildman–Crippen MR) is 84.2 cm³/mol. The molecule has 116 valence electrons. The van der Waals surface area contributed by atoms with Gasteiger partial charge in [0.25, 0.3) is 0 Å². The van der Waals surface area contributed by atoms with Crippen LogP contribution in [0, 0.1) is 0 Å². The smallest absolute Gasteiger partial charge is 0.238 e. The lowest BCUT2D eigenvalue weighted by Crippen LogP contribution is -2.48. The highest BCUT2D eigenvalue weighted by Crippen LogP contribution is 2.10. The number of carbonyl (C=O) groups excluding carboxylic acids is 1. The lowest BCUT2D eigenvalue weighted by atomic mass is 10.1. The van der Waals surface area contributed by atoms with Crippen LogP contribution in [-0.4, -0.2) is 30.3 Å². The topological polar surface area (TPSA) is 62.4 Å². The summed E-state index contributed by atoms with van der Waals surface area (Å²) in [4.78, 5) is 11.6. The predicted octanol–water partition coefficient (Wildman–Crippen LogP) is 2.02. The number of amides is 1. The summed E-state index contributed by atoms with van der Waals surface area (Å²) < 4.78 is 5.48. The fraction of sp³-hybridized carbons (Fsp3) is 0.857. The Labute approximate surface area is 127 Å². The number of hydrazine groups is 1. The summed E-state index contributed by atoms with van der Waals surface area (Å²) in [5, 5.41) is 3.49. The molecule has 0 bridgehead atoms. The average molecular weight is 301 g/mol. The number of nitrogens with one attached hydrogen (secondary N) is 3. The highest BCUT2D eigenvalue weighted by Gasteiger charge is 2.15. The third-order valence-corrected chi connectivity index (χ3v) is 3.58. The van der Waals surface area contributed by atoms with Gasteiger partial charge < -0.3 is 10.1 Å². The van der Waals surface area contributed by atoms with E-state index in [2.05, 4.69) is 23.1 Å². The molecule has 5 nitrogen and oxygen atoms in total. The molecule has 0 saturated carbocycles. The van der Waals surface area contributed by atoms with E-state index in [4.69, 9.17) is 17.0 Å². The average Bonchev–Trinajstić information content (AvgIpc) is 2.96. The van der Waals surface area contributed by atoms with Gasteiger partial charge in [0.1, 0.15) is 0 Å². The maximum atomic E-state index is 11.6. The van der Waals surface area contributed by atoms with Crippen LogP contribution < -0.4 is 16.2 Å². The minimum Gasteiger partial charge on any atom is -0.376 e. The molecular weight excluding hydrogens is 274 g/mol. The molecule has 0 spiro atoms. The Hall–Kier alpha value is -0.880. The van der Waals surface area contributed by atoms with Gasteiger partial charge in [-0.15, -0.1) is 0 Å². The van der Waals surface area contributed by atoms with Gasteiger partial charge in [-0.2, -0.15) is 0 Å². The van der Waals surface area contributed by atoms with E-state index in [0.717, 1.165) is 32.3 Å². The number of carbonyl (C=O) groups is 1. The Kier molecular flexibility index (Phi) is 9.32. The summed E-state index contributed by atoms with van der Waals surface area (Å²) in [6, 6.07) is 0. The number of hydrogen-bond acceptors (Lipinski definition) is 3. The maximum Gasteiger partial charge on any atom is 0.238 e. The first kappa shape index (κ1) is 17.2. The molecule has 1 heterocycles. The molecule has 0 aromatic carbocycles. The van der Waals surface area contributed by atoms with Gasteiger partial charge in [-0.05, 0) is 31.5 Å². The van der Waals surface area contributed by atoms with Gasteiger partial charge in [0.15, 0.2) is 5.11 Å². The van der Waals surface area contributed by atoms with E-state index in [0.29, 0.717) is 18.1 Å². The van der Waals surface area contributed by atoms with E-state index in [-0.39, 0.29) is 12.0 Å². The molecule has 1 rings (SSSR count). The van der Waals surface area contributed by atoms with Crippen molar-refractivity contribution in [3.8, 4) is 0 Å². The maximum absolute atomic E-state index is 11.6. The van der Waals surface area contributed by atoms with Crippen molar-refractivity contribution in [2.75, 3.05) is 13.2 Å². The Balaban J connectivity index is 1.95. The summed E-state index contributed by atoms with van der Waals surface area (Å²) in [5.41, 5.74) is 5.34. The molecule has 3 N–H and O–H groups in total. The van der Waals surface area contributed by atoms with Crippen molar-refractivity contribution in [3.05, 3.63) is 0 Å². The molecule has 0 aliphatic carbocycles. The SMILES string of the molecule is CCCCCCCC(=O)NNC(=S)NC[C@@H]1CCCO1. The van der Waals surface area contributed by atoms with E-state index in [1.165, 1.54) is 19.3 Å². The third kappa shape index (κ3) is 8.32. The van der Waals surface area contributed by atoms with Crippen LogP contribution in [0.5, 0.6) is 0 Å². The molecular formula is C14H27N3O2S. The largest absolute Gasteiger partial charge is 0.376 e. The van der Waals surface area contributed by atoms with Crippen LogP contribution >= 0.6 is 12.2 Å². The van der Waals surface area contributed by atoms with E-state index in [9.17, 15) is 4.79 Å². The fourth-order valence-electron chi connectivity index (χ4n) is 2.13. The molecule has 1 saturated heterocycles. The van der Waals surface area contributed by atoms with E-state index in [1.807, 2.05) is 0 Å². The first-order valence-electron chi connectivity index (χ1n) is 7.66. The number of hydrogen-bond donors (Lipinski definition) is 3. The molecule has 20 heavy (non-hydrogen) atoms. The van der Waals surface area contributed by atoms with E-state index < -0.39 is 0 Å². The van der Waals surface area contributed by atoms with Crippen LogP contribution in [0.3, 0.4) is 0 Å². The Morgan fingerprint density at radius 3 is 2.75 bits per heavy atom. The molecule has 1 fully saturated rings. The first-order chi connectivity index (χ1) is 9.72. The van der Waals surface area contributed by atoms with Crippen molar-refractivity contribution < 1.29 is 9.53 Å². The van der Waals surface area contributed by atoms with Crippen molar-refractivity contribution >= 4 is 23.2 Å². The minimum absolute atomic E-state index is 0.0113. The normalized spacial score (nSPS) is 17.8. The zero-order valence-corrected chi connectivity index (χ0v) is 13.2. The second kappa shape index (κ2) is 10.9. The number of thiocarbonyl (C=S) groups is 1. The standard InChI is InChI=1S/C14H27N3O2S/c1-2-3-4-5-6-9-13(18)16-17-14(20)15-11-12-8-7-10-19-12/h12H,2-11H2,1H3,(H,16,18)(H2,15,17,20)/t12-/m0/s1. The van der Waals surface area contributed by atoms with Crippen molar-refractivity contribution in [2.45, 2.75) is 64.4 Å². The lowest BCUT2D eigenvalue weighted by molar-refractivity contribution is -0.121. The quantitative estimate of drug-likeness (QED) is 0.364. The Morgan fingerprint density at radius 1 is 1.25 bits per heavy atom. The molecule has 6 heteroatoms. The molecule has 0 radical (unpaired) electrons. The van der Waals surface area contributed by atoms with Gasteiger partial charge in [-0.3, -0.25) is 15.6 Å².